The minimum Gasteiger partial charge on any atom is -0.362 e. The highest BCUT2D eigenvalue weighted by atomic mass is 35.5. The molecule has 184 valence electrons. The number of H-pyrrole nitrogens is 1. The number of anilines is 1. The molecular weight excluding hydrogens is 464 g/mol. The van der Waals surface area contributed by atoms with Gasteiger partial charge in [-0.2, -0.15) is 0 Å². The van der Waals surface area contributed by atoms with E-state index in [9.17, 15) is 4.79 Å². The lowest BCUT2D eigenvalue weighted by molar-refractivity contribution is -0.128. The van der Waals surface area contributed by atoms with Crippen LogP contribution < -0.4 is 16.0 Å². The van der Waals surface area contributed by atoms with E-state index in [0.717, 1.165) is 42.6 Å². The number of nitrogens with one attached hydrogen (secondary N) is 4. The van der Waals surface area contributed by atoms with E-state index in [-0.39, 0.29) is 11.3 Å². The number of aromatic amines is 1. The van der Waals surface area contributed by atoms with Crippen LogP contribution in [0.4, 0.5) is 5.69 Å². The minimum absolute atomic E-state index is 0.0579. The molecule has 0 bridgehead atoms. The van der Waals surface area contributed by atoms with Crippen LogP contribution >= 0.6 is 23.8 Å². The summed E-state index contributed by atoms with van der Waals surface area (Å²) in [5.74, 6) is 0.0579. The molecule has 7 heteroatoms. The summed E-state index contributed by atoms with van der Waals surface area (Å²) in [4.78, 5) is 15.3. The number of para-hydroxylation sites is 1. The zero-order valence-electron chi connectivity index (χ0n) is 20.8. The quantitative estimate of drug-likeness (QED) is 0.211. The second-order valence-electron chi connectivity index (χ2n) is 8.90. The molecule has 1 aromatic heterocycles. The van der Waals surface area contributed by atoms with Crippen LogP contribution in [0.3, 0.4) is 0 Å². The normalized spacial score (nSPS) is 10.9. The number of aryl methyl sites for hydroxylation is 1. The Hall–Kier alpha value is -2.57. The van der Waals surface area contributed by atoms with Gasteiger partial charge in [-0.05, 0) is 66.9 Å². The molecular formula is C27H37ClN4OS. The molecule has 2 aromatic carbocycles. The lowest BCUT2D eigenvalue weighted by Crippen LogP contribution is -2.35. The topological polar surface area (TPSA) is 69.0 Å². The summed E-state index contributed by atoms with van der Waals surface area (Å²) >= 11 is 11.7. The van der Waals surface area contributed by atoms with Crippen molar-refractivity contribution in [1.29, 1.82) is 0 Å². The Morgan fingerprint density at radius 3 is 2.47 bits per heavy atom. The van der Waals surface area contributed by atoms with Crippen molar-refractivity contribution in [3.8, 4) is 0 Å². The number of thiocarbonyl (C=S) groups is 1. The number of halogens is 1. The highest BCUT2D eigenvalue weighted by molar-refractivity contribution is 7.80. The molecule has 34 heavy (non-hydrogen) atoms. The van der Waals surface area contributed by atoms with Gasteiger partial charge in [-0.1, -0.05) is 64.4 Å². The fourth-order valence-electron chi connectivity index (χ4n) is 3.45. The highest BCUT2D eigenvalue weighted by Gasteiger charge is 2.20. The minimum atomic E-state index is -0.382. The molecule has 5 nitrogen and oxygen atoms in total. The van der Waals surface area contributed by atoms with Crippen LogP contribution in [0.25, 0.3) is 10.9 Å². The number of carbonyl (C=O) groups is 1. The summed E-state index contributed by atoms with van der Waals surface area (Å²) in [7, 11) is 0. The standard InChI is InChI=1S/C25H31ClN4OS.C2H6/c1-25(2,3)23(31)27-13-6-7-17-15-19(26)10-11-21(17)30-24(32)28-14-12-18-16-29-22-9-5-4-8-20(18)22;1-2/h4-5,8-11,15-16,29H,6-7,12-14H2,1-3H3,(H,27,31)(H2,28,30,32);1-2H3. The van der Waals surface area contributed by atoms with Crippen molar-refractivity contribution in [3.05, 3.63) is 64.8 Å². The van der Waals surface area contributed by atoms with E-state index >= 15 is 0 Å². The van der Waals surface area contributed by atoms with Gasteiger partial charge in [-0.3, -0.25) is 4.79 Å². The molecule has 0 unspecified atom stereocenters. The van der Waals surface area contributed by atoms with E-state index in [1.54, 1.807) is 0 Å². The van der Waals surface area contributed by atoms with Crippen molar-refractivity contribution in [1.82, 2.24) is 15.6 Å². The van der Waals surface area contributed by atoms with Gasteiger partial charge in [0.15, 0.2) is 5.11 Å². The average Bonchev–Trinajstić information content (AvgIpc) is 3.22. The molecule has 4 N–H and O–H groups in total. The highest BCUT2D eigenvalue weighted by Crippen LogP contribution is 2.22. The Kier molecular flexibility index (Phi) is 10.9. The fourth-order valence-corrected chi connectivity index (χ4v) is 3.86. The van der Waals surface area contributed by atoms with Gasteiger partial charge in [0.1, 0.15) is 0 Å². The Bertz CT molecular complexity index is 1090. The van der Waals surface area contributed by atoms with Crippen LogP contribution in [0.2, 0.25) is 5.02 Å². The van der Waals surface area contributed by atoms with E-state index < -0.39 is 0 Å². The Morgan fingerprint density at radius 2 is 1.74 bits per heavy atom. The first-order valence-electron chi connectivity index (χ1n) is 11.9. The number of amides is 1. The van der Waals surface area contributed by atoms with Gasteiger partial charge in [0.2, 0.25) is 5.91 Å². The van der Waals surface area contributed by atoms with Crippen LogP contribution in [0.15, 0.2) is 48.7 Å². The summed E-state index contributed by atoms with van der Waals surface area (Å²) in [6, 6.07) is 14.0. The lowest BCUT2D eigenvalue weighted by atomic mass is 9.95. The summed E-state index contributed by atoms with van der Waals surface area (Å²) < 4.78 is 0. The summed E-state index contributed by atoms with van der Waals surface area (Å²) in [6.07, 6.45) is 4.52. The Balaban J connectivity index is 0.00000199. The third kappa shape index (κ3) is 8.33. The molecule has 0 aliphatic rings. The van der Waals surface area contributed by atoms with E-state index in [2.05, 4.69) is 45.3 Å². The van der Waals surface area contributed by atoms with Crippen molar-refractivity contribution in [2.75, 3.05) is 18.4 Å². The largest absolute Gasteiger partial charge is 0.362 e. The molecule has 0 saturated heterocycles. The molecule has 0 radical (unpaired) electrons. The van der Waals surface area contributed by atoms with Crippen LogP contribution in [-0.4, -0.2) is 29.1 Å². The fraction of sp³-hybridized carbons (Fsp3) is 0.407. The maximum absolute atomic E-state index is 12.0. The number of carbonyl (C=O) groups excluding carboxylic acids is 1. The molecule has 0 spiro atoms. The van der Waals surface area contributed by atoms with Gasteiger partial charge < -0.3 is 20.9 Å². The summed E-state index contributed by atoms with van der Waals surface area (Å²) in [5, 5.41) is 12.1. The molecule has 0 saturated carbocycles. The number of rotatable bonds is 8. The number of fused-ring (bicyclic) bond motifs is 1. The molecule has 0 fully saturated rings. The van der Waals surface area contributed by atoms with E-state index in [0.29, 0.717) is 16.7 Å². The number of hydrogen-bond acceptors (Lipinski definition) is 2. The van der Waals surface area contributed by atoms with Crippen LogP contribution in [0.1, 0.15) is 52.2 Å². The molecule has 0 atom stereocenters. The second-order valence-corrected chi connectivity index (χ2v) is 9.75. The monoisotopic (exact) mass is 500 g/mol. The predicted molar refractivity (Wildman–Crippen MR) is 150 cm³/mol. The first-order valence-corrected chi connectivity index (χ1v) is 12.7. The van der Waals surface area contributed by atoms with E-state index in [4.69, 9.17) is 23.8 Å². The van der Waals surface area contributed by atoms with Crippen molar-refractivity contribution in [2.45, 2.75) is 53.9 Å². The molecule has 1 amide bonds. The smallest absolute Gasteiger partial charge is 0.225 e. The molecule has 3 aromatic rings. The van der Waals surface area contributed by atoms with Gasteiger partial charge in [0.05, 0.1) is 0 Å². The maximum Gasteiger partial charge on any atom is 0.225 e. The Labute approximate surface area is 214 Å². The van der Waals surface area contributed by atoms with Crippen LogP contribution in [0.5, 0.6) is 0 Å². The third-order valence-electron chi connectivity index (χ3n) is 5.26. The van der Waals surface area contributed by atoms with E-state index in [1.807, 2.05) is 58.9 Å². The second kappa shape index (κ2) is 13.4. The first-order chi connectivity index (χ1) is 16.2. The van der Waals surface area contributed by atoms with Gasteiger partial charge >= 0.3 is 0 Å². The molecule has 0 aliphatic carbocycles. The van der Waals surface area contributed by atoms with Crippen molar-refractivity contribution in [3.63, 3.8) is 0 Å². The number of benzene rings is 2. The molecule has 0 aliphatic heterocycles. The number of hydrogen-bond donors (Lipinski definition) is 4. The van der Waals surface area contributed by atoms with Crippen molar-refractivity contribution in [2.24, 2.45) is 5.41 Å². The average molecular weight is 501 g/mol. The lowest BCUT2D eigenvalue weighted by Gasteiger charge is -2.18. The molecule has 1 heterocycles. The zero-order chi connectivity index (χ0) is 25.1. The van der Waals surface area contributed by atoms with Gasteiger partial charge in [0.25, 0.3) is 0 Å². The van der Waals surface area contributed by atoms with Gasteiger partial charge in [0, 0.05) is 46.3 Å². The third-order valence-corrected chi connectivity index (χ3v) is 5.74. The van der Waals surface area contributed by atoms with Gasteiger partial charge in [-0.25, -0.2) is 0 Å². The van der Waals surface area contributed by atoms with Crippen molar-refractivity contribution < 1.29 is 4.79 Å². The number of aromatic nitrogens is 1. The predicted octanol–water partition coefficient (Wildman–Crippen LogP) is 6.47. The molecule has 3 rings (SSSR count). The van der Waals surface area contributed by atoms with Crippen LogP contribution in [0, 0.1) is 5.41 Å². The SMILES string of the molecule is CC.CC(C)(C)C(=O)NCCCc1cc(Cl)ccc1NC(=S)NCCc1c[nH]c2ccccc12. The Morgan fingerprint density at radius 1 is 1.00 bits per heavy atom. The zero-order valence-corrected chi connectivity index (χ0v) is 22.4. The first kappa shape index (κ1) is 27.7. The summed E-state index contributed by atoms with van der Waals surface area (Å²) in [5.41, 5.74) is 4.03. The van der Waals surface area contributed by atoms with Crippen LogP contribution in [-0.2, 0) is 17.6 Å². The van der Waals surface area contributed by atoms with E-state index in [1.165, 1.54) is 10.9 Å². The maximum atomic E-state index is 12.0. The van der Waals surface area contributed by atoms with Crippen molar-refractivity contribution >= 4 is 51.4 Å². The summed E-state index contributed by atoms with van der Waals surface area (Å²) in [6.45, 7) is 11.1. The van der Waals surface area contributed by atoms with Gasteiger partial charge in [-0.15, -0.1) is 0 Å².